The highest BCUT2D eigenvalue weighted by molar-refractivity contribution is 5.98. The quantitative estimate of drug-likeness (QED) is 0.730. The molecule has 3 N–H and O–H groups in total. The lowest BCUT2D eigenvalue weighted by atomic mass is 10.2. The zero-order chi connectivity index (χ0) is 16.8. The number of hydrogen-bond donors (Lipinski definition) is 3. The molecule has 1 aromatic carbocycles. The molecule has 0 aliphatic rings. The summed E-state index contributed by atoms with van der Waals surface area (Å²) in [7, 11) is 1.25. The zero-order valence-electron chi connectivity index (χ0n) is 11.9. The Morgan fingerprint density at radius 1 is 1.13 bits per heavy atom. The van der Waals surface area contributed by atoms with E-state index in [2.05, 4.69) is 20.6 Å². The summed E-state index contributed by atoms with van der Waals surface area (Å²) in [5, 5.41) is 0. The highest BCUT2D eigenvalue weighted by Gasteiger charge is 2.15. The van der Waals surface area contributed by atoms with Crippen molar-refractivity contribution in [3.05, 3.63) is 47.8 Å². The molecule has 0 saturated heterocycles. The normalized spacial score (nSPS) is 10.3. The Hall–Kier alpha value is -3.10. The van der Waals surface area contributed by atoms with Crippen molar-refractivity contribution in [1.82, 2.24) is 15.8 Å². The Balaban J connectivity index is 2.03. The van der Waals surface area contributed by atoms with E-state index in [1.807, 2.05) is 0 Å². The van der Waals surface area contributed by atoms with Gasteiger partial charge in [0.2, 0.25) is 0 Å². The number of nitrogens with one attached hydrogen (secondary N) is 3. The van der Waals surface area contributed by atoms with E-state index in [0.29, 0.717) is 0 Å². The maximum atomic E-state index is 12.2. The van der Waals surface area contributed by atoms with Crippen LogP contribution < -0.4 is 20.3 Å². The molecule has 9 heteroatoms. The summed E-state index contributed by atoms with van der Waals surface area (Å²) in [5.74, 6) is -1.41. The van der Waals surface area contributed by atoms with Crippen molar-refractivity contribution in [1.29, 1.82) is 0 Å². The fourth-order valence-electron chi connectivity index (χ4n) is 1.73. The van der Waals surface area contributed by atoms with E-state index in [9.17, 15) is 18.4 Å². The van der Waals surface area contributed by atoms with Crippen LogP contribution in [0.2, 0.25) is 0 Å². The minimum absolute atomic E-state index is 0.0337. The van der Waals surface area contributed by atoms with Crippen molar-refractivity contribution in [2.75, 3.05) is 7.11 Å². The lowest BCUT2D eigenvalue weighted by molar-refractivity contribution is -0.0512. The minimum Gasteiger partial charge on any atom is -0.493 e. The first-order valence-electron chi connectivity index (χ1n) is 6.38. The van der Waals surface area contributed by atoms with Crippen LogP contribution >= 0.6 is 0 Å². The number of ether oxygens (including phenoxy) is 2. The summed E-state index contributed by atoms with van der Waals surface area (Å²) >= 11 is 0. The van der Waals surface area contributed by atoms with Gasteiger partial charge in [-0.3, -0.25) is 20.4 Å². The lowest BCUT2D eigenvalue weighted by Crippen LogP contribution is -2.41. The molecule has 2 rings (SSSR count). The third kappa shape index (κ3) is 4.19. The number of carbonyl (C=O) groups excluding carboxylic acids is 2. The van der Waals surface area contributed by atoms with Gasteiger partial charge in [0.25, 0.3) is 11.8 Å². The molecule has 0 aliphatic heterocycles. The van der Waals surface area contributed by atoms with E-state index in [4.69, 9.17) is 4.74 Å². The number of carbonyl (C=O) groups is 2. The third-order valence-corrected chi connectivity index (χ3v) is 2.77. The van der Waals surface area contributed by atoms with Gasteiger partial charge in [0.15, 0.2) is 11.5 Å². The van der Waals surface area contributed by atoms with Gasteiger partial charge in [-0.05, 0) is 30.3 Å². The molecule has 23 heavy (non-hydrogen) atoms. The number of hydrogen-bond acceptors (Lipinski definition) is 4. The van der Waals surface area contributed by atoms with Crippen LogP contribution in [0.25, 0.3) is 0 Å². The lowest BCUT2D eigenvalue weighted by Gasteiger charge is -2.11. The largest absolute Gasteiger partial charge is 0.493 e. The summed E-state index contributed by atoms with van der Waals surface area (Å²) in [4.78, 5) is 26.3. The van der Waals surface area contributed by atoms with E-state index in [-0.39, 0.29) is 22.8 Å². The third-order valence-electron chi connectivity index (χ3n) is 2.77. The van der Waals surface area contributed by atoms with Gasteiger partial charge in [0.1, 0.15) is 5.69 Å². The summed E-state index contributed by atoms with van der Waals surface area (Å²) in [6, 6.07) is 6.81. The van der Waals surface area contributed by atoms with E-state index in [0.717, 1.165) is 0 Å². The Labute approximate surface area is 129 Å². The molecule has 0 spiro atoms. The molecule has 2 amide bonds. The molecule has 0 fully saturated rings. The van der Waals surface area contributed by atoms with Gasteiger partial charge in [-0.1, -0.05) is 0 Å². The van der Waals surface area contributed by atoms with Crippen molar-refractivity contribution < 1.29 is 27.8 Å². The van der Waals surface area contributed by atoms with E-state index in [1.165, 1.54) is 31.4 Å². The number of amides is 2. The van der Waals surface area contributed by atoms with Gasteiger partial charge in [0.05, 0.1) is 7.11 Å². The van der Waals surface area contributed by atoms with Gasteiger partial charge in [-0.2, -0.15) is 8.78 Å². The molecule has 0 bridgehead atoms. The molecule has 0 unspecified atom stereocenters. The first-order valence-corrected chi connectivity index (χ1v) is 6.38. The second-order valence-corrected chi connectivity index (χ2v) is 4.24. The SMILES string of the molecule is COc1cc(C(=O)NNC(=O)c2ccc[nH]2)ccc1OC(F)F. The second kappa shape index (κ2) is 7.25. The maximum Gasteiger partial charge on any atom is 0.387 e. The number of alkyl halides is 2. The fourth-order valence-corrected chi connectivity index (χ4v) is 1.73. The smallest absolute Gasteiger partial charge is 0.387 e. The molecule has 1 heterocycles. The molecule has 0 saturated carbocycles. The summed E-state index contributed by atoms with van der Waals surface area (Å²) in [6.45, 7) is -3.01. The predicted octanol–water partition coefficient (Wildman–Crippen LogP) is 1.70. The van der Waals surface area contributed by atoms with E-state index < -0.39 is 18.4 Å². The highest BCUT2D eigenvalue weighted by Crippen LogP contribution is 2.29. The zero-order valence-corrected chi connectivity index (χ0v) is 11.9. The molecular formula is C14H13F2N3O4. The molecule has 7 nitrogen and oxygen atoms in total. The van der Waals surface area contributed by atoms with Crippen molar-refractivity contribution in [3.63, 3.8) is 0 Å². The van der Waals surface area contributed by atoms with Crippen LogP contribution in [0, 0.1) is 0 Å². The highest BCUT2D eigenvalue weighted by atomic mass is 19.3. The van der Waals surface area contributed by atoms with Gasteiger partial charge in [-0.15, -0.1) is 0 Å². The van der Waals surface area contributed by atoms with Crippen LogP contribution in [0.4, 0.5) is 8.78 Å². The average Bonchev–Trinajstić information content (AvgIpc) is 3.06. The van der Waals surface area contributed by atoms with Gasteiger partial charge in [-0.25, -0.2) is 0 Å². The number of H-pyrrole nitrogens is 1. The molecule has 122 valence electrons. The average molecular weight is 325 g/mol. The molecule has 2 aromatic rings. The maximum absolute atomic E-state index is 12.2. The number of methoxy groups -OCH3 is 1. The number of aromatic nitrogens is 1. The van der Waals surface area contributed by atoms with Crippen molar-refractivity contribution >= 4 is 11.8 Å². The number of rotatable bonds is 5. The van der Waals surface area contributed by atoms with Crippen molar-refractivity contribution in [2.24, 2.45) is 0 Å². The second-order valence-electron chi connectivity index (χ2n) is 4.24. The number of benzene rings is 1. The number of hydrazine groups is 1. The topological polar surface area (TPSA) is 92.5 Å². The van der Waals surface area contributed by atoms with Gasteiger partial charge in [0, 0.05) is 11.8 Å². The minimum atomic E-state index is -3.01. The van der Waals surface area contributed by atoms with Crippen molar-refractivity contribution in [3.8, 4) is 11.5 Å². The van der Waals surface area contributed by atoms with Crippen molar-refractivity contribution in [2.45, 2.75) is 6.61 Å². The van der Waals surface area contributed by atoms with E-state index in [1.54, 1.807) is 12.3 Å². The molecular weight excluding hydrogens is 312 g/mol. The fraction of sp³-hybridized carbons (Fsp3) is 0.143. The summed E-state index contributed by atoms with van der Waals surface area (Å²) in [5.41, 5.74) is 4.76. The van der Waals surface area contributed by atoms with Crippen LogP contribution in [-0.2, 0) is 0 Å². The molecule has 0 aliphatic carbocycles. The first-order chi connectivity index (χ1) is 11.0. The Kier molecular flexibility index (Phi) is 5.13. The Morgan fingerprint density at radius 3 is 2.48 bits per heavy atom. The summed E-state index contributed by atoms with van der Waals surface area (Å²) in [6.07, 6.45) is 1.56. The van der Waals surface area contributed by atoms with Crippen LogP contribution in [-0.4, -0.2) is 30.5 Å². The number of halogens is 2. The Bertz CT molecular complexity index is 689. The predicted molar refractivity (Wildman–Crippen MR) is 75.4 cm³/mol. The first kappa shape index (κ1) is 16.3. The molecule has 0 radical (unpaired) electrons. The van der Waals surface area contributed by atoms with Gasteiger partial charge >= 0.3 is 6.61 Å². The molecule has 0 atom stereocenters. The Morgan fingerprint density at radius 2 is 1.87 bits per heavy atom. The van der Waals surface area contributed by atoms with Crippen LogP contribution in [0.1, 0.15) is 20.8 Å². The van der Waals surface area contributed by atoms with E-state index >= 15 is 0 Å². The summed E-state index contributed by atoms with van der Waals surface area (Å²) < 4.78 is 33.6. The standard InChI is InChI=1S/C14H13F2N3O4/c1-22-11-7-8(4-5-10(11)23-14(15)16)12(20)18-19-13(21)9-3-2-6-17-9/h2-7,14,17H,1H3,(H,18,20)(H,19,21). The van der Waals surface area contributed by atoms with Gasteiger partial charge < -0.3 is 14.5 Å². The van der Waals surface area contributed by atoms with Crippen LogP contribution in [0.5, 0.6) is 11.5 Å². The van der Waals surface area contributed by atoms with Crippen LogP contribution in [0.15, 0.2) is 36.5 Å². The number of aromatic amines is 1. The molecule has 1 aromatic heterocycles. The van der Waals surface area contributed by atoms with Crippen LogP contribution in [0.3, 0.4) is 0 Å². The monoisotopic (exact) mass is 325 g/mol.